The number of carbonyl (C=O) groups is 1. The summed E-state index contributed by atoms with van der Waals surface area (Å²) in [6.07, 6.45) is -2.83. The zero-order valence-corrected chi connectivity index (χ0v) is 10.4. The van der Waals surface area contributed by atoms with Gasteiger partial charge in [0.1, 0.15) is 0 Å². The topological polar surface area (TPSA) is 29.1 Å². The van der Waals surface area contributed by atoms with Crippen LogP contribution in [0.3, 0.4) is 0 Å². The number of hydrogen-bond acceptors (Lipinski definition) is 1. The van der Waals surface area contributed by atoms with Gasteiger partial charge in [-0.25, -0.2) is 0 Å². The van der Waals surface area contributed by atoms with Crippen LogP contribution in [0.5, 0.6) is 0 Å². The van der Waals surface area contributed by atoms with E-state index in [9.17, 15) is 18.0 Å². The molecule has 1 aromatic rings. The van der Waals surface area contributed by atoms with Crippen LogP contribution in [0.2, 0.25) is 0 Å². The standard InChI is InChI=1S/C11H9BrF3NO/c1-2-9(12)10(17)16-8-5-3-7(4-6-8)11(13,14)15/h2-6H,1H3,(H,16,17). The van der Waals surface area contributed by atoms with E-state index in [4.69, 9.17) is 0 Å². The zero-order chi connectivity index (χ0) is 13.1. The van der Waals surface area contributed by atoms with Crippen LogP contribution in [0.25, 0.3) is 0 Å². The van der Waals surface area contributed by atoms with Crippen molar-refractivity contribution in [1.82, 2.24) is 0 Å². The fourth-order valence-corrected chi connectivity index (χ4v) is 1.16. The molecule has 17 heavy (non-hydrogen) atoms. The van der Waals surface area contributed by atoms with Gasteiger partial charge < -0.3 is 5.32 Å². The Morgan fingerprint density at radius 3 is 2.24 bits per heavy atom. The van der Waals surface area contributed by atoms with Crippen molar-refractivity contribution >= 4 is 27.5 Å². The SMILES string of the molecule is CC=C(Br)C(=O)Nc1ccc(C(F)(F)F)cc1. The van der Waals surface area contributed by atoms with E-state index in [1.165, 1.54) is 12.1 Å². The van der Waals surface area contributed by atoms with E-state index in [2.05, 4.69) is 21.2 Å². The van der Waals surface area contributed by atoms with E-state index in [1.807, 2.05) is 0 Å². The molecule has 0 aliphatic carbocycles. The van der Waals surface area contributed by atoms with Gasteiger partial charge in [0.05, 0.1) is 10.0 Å². The molecular formula is C11H9BrF3NO. The molecule has 0 aromatic heterocycles. The van der Waals surface area contributed by atoms with Gasteiger partial charge in [0, 0.05) is 5.69 Å². The second kappa shape index (κ2) is 5.35. The van der Waals surface area contributed by atoms with Gasteiger partial charge in [0.25, 0.3) is 5.91 Å². The van der Waals surface area contributed by atoms with Crippen molar-refractivity contribution in [2.45, 2.75) is 13.1 Å². The highest BCUT2D eigenvalue weighted by atomic mass is 79.9. The lowest BCUT2D eigenvalue weighted by Crippen LogP contribution is -2.11. The summed E-state index contributed by atoms with van der Waals surface area (Å²) in [4.78, 5) is 11.4. The summed E-state index contributed by atoms with van der Waals surface area (Å²) in [5, 5.41) is 2.45. The van der Waals surface area contributed by atoms with Crippen LogP contribution in [-0.4, -0.2) is 5.91 Å². The van der Waals surface area contributed by atoms with Gasteiger partial charge in [0.2, 0.25) is 0 Å². The Hall–Kier alpha value is -1.30. The maximum absolute atomic E-state index is 12.3. The monoisotopic (exact) mass is 307 g/mol. The molecule has 0 saturated carbocycles. The largest absolute Gasteiger partial charge is 0.416 e. The van der Waals surface area contributed by atoms with Gasteiger partial charge in [0.15, 0.2) is 0 Å². The molecule has 0 radical (unpaired) electrons. The zero-order valence-electron chi connectivity index (χ0n) is 8.81. The van der Waals surface area contributed by atoms with E-state index < -0.39 is 17.6 Å². The summed E-state index contributed by atoms with van der Waals surface area (Å²) >= 11 is 3.01. The molecule has 1 rings (SSSR count). The quantitative estimate of drug-likeness (QED) is 0.824. The summed E-state index contributed by atoms with van der Waals surface area (Å²) in [6, 6.07) is 4.24. The molecule has 0 aliphatic rings. The molecule has 0 unspecified atom stereocenters. The minimum atomic E-state index is -4.37. The first kappa shape index (κ1) is 13.8. The van der Waals surface area contributed by atoms with Crippen LogP contribution in [0.15, 0.2) is 34.8 Å². The Morgan fingerprint density at radius 2 is 1.82 bits per heavy atom. The number of amides is 1. The maximum atomic E-state index is 12.3. The van der Waals surface area contributed by atoms with Crippen LogP contribution in [0.4, 0.5) is 18.9 Å². The molecule has 1 amide bonds. The Morgan fingerprint density at radius 1 is 1.29 bits per heavy atom. The fraction of sp³-hybridized carbons (Fsp3) is 0.182. The first-order valence-corrected chi connectivity index (χ1v) is 5.44. The van der Waals surface area contributed by atoms with E-state index >= 15 is 0 Å². The fourth-order valence-electron chi connectivity index (χ4n) is 1.06. The third kappa shape index (κ3) is 3.89. The number of halogens is 4. The molecule has 92 valence electrons. The van der Waals surface area contributed by atoms with E-state index in [1.54, 1.807) is 13.0 Å². The molecule has 0 aliphatic heterocycles. The molecule has 1 aromatic carbocycles. The molecule has 1 N–H and O–H groups in total. The van der Waals surface area contributed by atoms with Gasteiger partial charge in [-0.2, -0.15) is 13.2 Å². The normalized spacial score (nSPS) is 12.4. The number of rotatable bonds is 2. The molecule has 0 atom stereocenters. The molecule has 0 fully saturated rings. The molecule has 0 saturated heterocycles. The highest BCUT2D eigenvalue weighted by Gasteiger charge is 2.29. The second-order valence-corrected chi connectivity index (χ2v) is 4.02. The van der Waals surface area contributed by atoms with Crippen LogP contribution >= 0.6 is 15.9 Å². The smallest absolute Gasteiger partial charge is 0.322 e. The summed E-state index contributed by atoms with van der Waals surface area (Å²) in [6.45, 7) is 1.66. The Kier molecular flexibility index (Phi) is 4.34. The van der Waals surface area contributed by atoms with Gasteiger partial charge in [-0.1, -0.05) is 6.08 Å². The van der Waals surface area contributed by atoms with Crippen molar-refractivity contribution in [1.29, 1.82) is 0 Å². The minimum absolute atomic E-state index is 0.307. The second-order valence-electron chi connectivity index (χ2n) is 3.17. The summed E-state index contributed by atoms with van der Waals surface area (Å²) < 4.78 is 37.1. The number of nitrogens with one attached hydrogen (secondary N) is 1. The van der Waals surface area contributed by atoms with Crippen molar-refractivity contribution in [2.24, 2.45) is 0 Å². The molecule has 0 bridgehead atoms. The first-order valence-electron chi connectivity index (χ1n) is 4.65. The third-order valence-electron chi connectivity index (χ3n) is 1.94. The van der Waals surface area contributed by atoms with Gasteiger partial charge in [-0.05, 0) is 47.1 Å². The number of anilines is 1. The predicted molar refractivity (Wildman–Crippen MR) is 62.8 cm³/mol. The molecular weight excluding hydrogens is 299 g/mol. The maximum Gasteiger partial charge on any atom is 0.416 e. The summed E-state index contributed by atoms with van der Waals surface area (Å²) in [5.41, 5.74) is -0.442. The van der Waals surface area contributed by atoms with Crippen LogP contribution in [0.1, 0.15) is 12.5 Å². The van der Waals surface area contributed by atoms with Gasteiger partial charge >= 0.3 is 6.18 Å². The minimum Gasteiger partial charge on any atom is -0.322 e. The number of carbonyl (C=O) groups excluding carboxylic acids is 1. The molecule has 2 nitrogen and oxygen atoms in total. The lowest BCUT2D eigenvalue weighted by molar-refractivity contribution is -0.137. The number of benzene rings is 1. The van der Waals surface area contributed by atoms with Crippen LogP contribution in [0, 0.1) is 0 Å². The summed E-state index contributed by atoms with van der Waals surface area (Å²) in [5.74, 6) is -0.410. The lowest BCUT2D eigenvalue weighted by atomic mass is 10.2. The van der Waals surface area contributed by atoms with Crippen molar-refractivity contribution in [3.63, 3.8) is 0 Å². The number of alkyl halides is 3. The average molecular weight is 308 g/mol. The Balaban J connectivity index is 2.80. The molecule has 0 heterocycles. The van der Waals surface area contributed by atoms with Crippen molar-refractivity contribution < 1.29 is 18.0 Å². The first-order chi connectivity index (χ1) is 7.84. The third-order valence-corrected chi connectivity index (χ3v) is 2.76. The molecule has 0 spiro atoms. The predicted octanol–water partition coefficient (Wildman–Crippen LogP) is 3.94. The number of hydrogen-bond donors (Lipinski definition) is 1. The van der Waals surface area contributed by atoms with Crippen LogP contribution < -0.4 is 5.32 Å². The average Bonchev–Trinajstić information content (AvgIpc) is 2.27. The summed E-state index contributed by atoms with van der Waals surface area (Å²) in [7, 11) is 0. The number of allylic oxidation sites excluding steroid dienone is 1. The van der Waals surface area contributed by atoms with Crippen molar-refractivity contribution in [3.8, 4) is 0 Å². The van der Waals surface area contributed by atoms with Crippen LogP contribution in [-0.2, 0) is 11.0 Å². The van der Waals surface area contributed by atoms with Gasteiger partial charge in [-0.3, -0.25) is 4.79 Å². The van der Waals surface area contributed by atoms with Crippen molar-refractivity contribution in [2.75, 3.05) is 5.32 Å². The van der Waals surface area contributed by atoms with E-state index in [-0.39, 0.29) is 0 Å². The van der Waals surface area contributed by atoms with E-state index in [0.29, 0.717) is 10.2 Å². The van der Waals surface area contributed by atoms with E-state index in [0.717, 1.165) is 12.1 Å². The Labute approximate surface area is 105 Å². The van der Waals surface area contributed by atoms with Gasteiger partial charge in [-0.15, -0.1) is 0 Å². The Bertz CT molecular complexity index is 437. The van der Waals surface area contributed by atoms with Crippen molar-refractivity contribution in [3.05, 3.63) is 40.4 Å². The lowest BCUT2D eigenvalue weighted by Gasteiger charge is -2.08. The highest BCUT2D eigenvalue weighted by Crippen LogP contribution is 2.29. The highest BCUT2D eigenvalue weighted by molar-refractivity contribution is 9.12. The molecule has 6 heteroatoms.